The summed E-state index contributed by atoms with van der Waals surface area (Å²) in [5, 5.41) is 3.12. The molecule has 1 N–H and O–H groups in total. The maximum absolute atomic E-state index is 11.4. The molecule has 0 aliphatic carbocycles. The summed E-state index contributed by atoms with van der Waals surface area (Å²) in [6.45, 7) is 7.62. The Labute approximate surface area is 79.8 Å². The smallest absolute Gasteiger partial charge is 0.323 e. The van der Waals surface area contributed by atoms with Crippen molar-refractivity contribution in [2.24, 2.45) is 5.41 Å². The molecule has 1 fully saturated rings. The zero-order chi connectivity index (χ0) is 9.90. The normalized spacial score (nSPS) is 23.2. The number of hydrogen-bond donors (Lipinski definition) is 1. The third kappa shape index (κ3) is 3.77. The third-order valence-corrected chi connectivity index (χ3v) is 1.99. The molecule has 1 aliphatic rings. The summed E-state index contributed by atoms with van der Waals surface area (Å²) in [6, 6.07) is -0.0534. The fraction of sp³-hybridized carbons (Fsp3) is 0.900. The lowest BCUT2D eigenvalue weighted by Gasteiger charge is -2.19. The topological polar surface area (TPSA) is 38.3 Å². The van der Waals surface area contributed by atoms with E-state index in [1.807, 2.05) is 0 Å². The van der Waals surface area contributed by atoms with Gasteiger partial charge < -0.3 is 10.1 Å². The molecule has 1 rings (SSSR count). The number of ether oxygens (including phenoxy) is 1. The van der Waals surface area contributed by atoms with Crippen LogP contribution in [0.1, 0.15) is 33.6 Å². The van der Waals surface area contributed by atoms with E-state index in [-0.39, 0.29) is 17.4 Å². The summed E-state index contributed by atoms with van der Waals surface area (Å²) in [5.74, 6) is -0.0903. The second-order valence-electron chi connectivity index (χ2n) is 4.82. The summed E-state index contributed by atoms with van der Waals surface area (Å²) >= 11 is 0. The molecular formula is C10H19NO2. The number of esters is 1. The molecule has 0 saturated carbocycles. The number of carbonyl (C=O) groups excluding carboxylic acids is 1. The monoisotopic (exact) mass is 185 g/mol. The van der Waals surface area contributed by atoms with Crippen LogP contribution in [0.5, 0.6) is 0 Å². The first-order valence-electron chi connectivity index (χ1n) is 4.89. The van der Waals surface area contributed by atoms with Gasteiger partial charge in [-0.3, -0.25) is 4.79 Å². The molecule has 1 atom stereocenters. The standard InChI is InChI=1S/C10H19NO2/c1-10(2,3)7-13-9(12)8-5-4-6-11-8/h8,11H,4-7H2,1-3H3. The number of nitrogens with one attached hydrogen (secondary N) is 1. The van der Waals surface area contributed by atoms with E-state index in [4.69, 9.17) is 4.74 Å². The Balaban J connectivity index is 2.25. The van der Waals surface area contributed by atoms with Crippen LogP contribution in [0.4, 0.5) is 0 Å². The van der Waals surface area contributed by atoms with Crippen molar-refractivity contribution in [2.75, 3.05) is 13.2 Å². The first kappa shape index (κ1) is 10.5. The lowest BCUT2D eigenvalue weighted by molar-refractivity contribution is -0.148. The van der Waals surface area contributed by atoms with Crippen molar-refractivity contribution in [1.29, 1.82) is 0 Å². The fourth-order valence-electron chi connectivity index (χ4n) is 1.27. The molecule has 1 unspecified atom stereocenters. The summed E-state index contributed by atoms with van der Waals surface area (Å²) in [5.41, 5.74) is 0.0638. The van der Waals surface area contributed by atoms with E-state index in [0.29, 0.717) is 6.61 Å². The van der Waals surface area contributed by atoms with Gasteiger partial charge in [-0.05, 0) is 24.8 Å². The predicted octanol–water partition coefficient (Wildman–Crippen LogP) is 1.33. The molecule has 1 aliphatic heterocycles. The molecule has 1 saturated heterocycles. The van der Waals surface area contributed by atoms with Crippen molar-refractivity contribution in [2.45, 2.75) is 39.7 Å². The molecule has 1 heterocycles. The van der Waals surface area contributed by atoms with Crippen molar-refractivity contribution in [3.05, 3.63) is 0 Å². The van der Waals surface area contributed by atoms with E-state index < -0.39 is 0 Å². The molecule has 13 heavy (non-hydrogen) atoms. The Kier molecular flexibility index (Phi) is 3.31. The van der Waals surface area contributed by atoms with Gasteiger partial charge in [-0.2, -0.15) is 0 Å². The van der Waals surface area contributed by atoms with E-state index in [0.717, 1.165) is 19.4 Å². The van der Waals surface area contributed by atoms with Gasteiger partial charge in [-0.15, -0.1) is 0 Å². The Morgan fingerprint density at radius 1 is 1.54 bits per heavy atom. The largest absolute Gasteiger partial charge is 0.464 e. The Hall–Kier alpha value is -0.570. The highest BCUT2D eigenvalue weighted by atomic mass is 16.5. The molecule has 0 amide bonds. The Morgan fingerprint density at radius 3 is 2.69 bits per heavy atom. The van der Waals surface area contributed by atoms with Crippen molar-refractivity contribution in [3.8, 4) is 0 Å². The third-order valence-electron chi connectivity index (χ3n) is 1.99. The maximum Gasteiger partial charge on any atom is 0.323 e. The first-order valence-corrected chi connectivity index (χ1v) is 4.89. The minimum absolute atomic E-state index is 0.0534. The van der Waals surface area contributed by atoms with Crippen LogP contribution in [0.25, 0.3) is 0 Å². The van der Waals surface area contributed by atoms with Gasteiger partial charge in [0.2, 0.25) is 0 Å². The molecule has 0 aromatic heterocycles. The van der Waals surface area contributed by atoms with Crippen LogP contribution in [0.3, 0.4) is 0 Å². The second-order valence-corrected chi connectivity index (χ2v) is 4.82. The summed E-state index contributed by atoms with van der Waals surface area (Å²) in [4.78, 5) is 11.4. The quantitative estimate of drug-likeness (QED) is 0.659. The highest BCUT2D eigenvalue weighted by Gasteiger charge is 2.24. The molecule has 3 nitrogen and oxygen atoms in total. The van der Waals surface area contributed by atoms with Gasteiger partial charge in [0.05, 0.1) is 6.61 Å². The zero-order valence-electron chi connectivity index (χ0n) is 8.72. The molecule has 0 bridgehead atoms. The SMILES string of the molecule is CC(C)(C)COC(=O)C1CCCN1. The molecule has 76 valence electrons. The van der Waals surface area contributed by atoms with E-state index in [9.17, 15) is 4.79 Å². The molecule has 0 radical (unpaired) electrons. The number of hydrogen-bond acceptors (Lipinski definition) is 3. The average Bonchev–Trinajstić information content (AvgIpc) is 2.50. The minimum atomic E-state index is -0.0903. The van der Waals surface area contributed by atoms with Crippen molar-refractivity contribution in [1.82, 2.24) is 5.32 Å². The molecule has 0 aromatic rings. The highest BCUT2D eigenvalue weighted by Crippen LogP contribution is 2.14. The Morgan fingerprint density at radius 2 is 2.23 bits per heavy atom. The van der Waals surface area contributed by atoms with Crippen LogP contribution in [0, 0.1) is 5.41 Å². The highest BCUT2D eigenvalue weighted by molar-refractivity contribution is 5.76. The van der Waals surface area contributed by atoms with E-state index in [2.05, 4.69) is 26.1 Å². The van der Waals surface area contributed by atoms with E-state index in [1.54, 1.807) is 0 Å². The van der Waals surface area contributed by atoms with Gasteiger partial charge in [0.15, 0.2) is 0 Å². The molecule has 0 aromatic carbocycles. The Bertz CT molecular complexity index is 178. The van der Waals surface area contributed by atoms with Crippen LogP contribution in [0.15, 0.2) is 0 Å². The van der Waals surface area contributed by atoms with Gasteiger partial charge in [-0.1, -0.05) is 20.8 Å². The zero-order valence-corrected chi connectivity index (χ0v) is 8.72. The fourth-order valence-corrected chi connectivity index (χ4v) is 1.27. The molecular weight excluding hydrogens is 166 g/mol. The van der Waals surface area contributed by atoms with Crippen molar-refractivity contribution >= 4 is 5.97 Å². The average molecular weight is 185 g/mol. The number of carbonyl (C=O) groups is 1. The van der Waals surface area contributed by atoms with E-state index >= 15 is 0 Å². The summed E-state index contributed by atoms with van der Waals surface area (Å²) < 4.78 is 5.19. The maximum atomic E-state index is 11.4. The summed E-state index contributed by atoms with van der Waals surface area (Å²) in [6.07, 6.45) is 2.00. The van der Waals surface area contributed by atoms with Crippen LogP contribution >= 0.6 is 0 Å². The van der Waals surface area contributed by atoms with Gasteiger partial charge in [0.25, 0.3) is 0 Å². The van der Waals surface area contributed by atoms with Gasteiger partial charge >= 0.3 is 5.97 Å². The van der Waals surface area contributed by atoms with Gasteiger partial charge in [0.1, 0.15) is 6.04 Å². The summed E-state index contributed by atoms with van der Waals surface area (Å²) in [7, 11) is 0. The van der Waals surface area contributed by atoms with Crippen LogP contribution < -0.4 is 5.32 Å². The number of rotatable bonds is 2. The van der Waals surface area contributed by atoms with Crippen LogP contribution in [-0.4, -0.2) is 25.2 Å². The van der Waals surface area contributed by atoms with Crippen molar-refractivity contribution in [3.63, 3.8) is 0 Å². The van der Waals surface area contributed by atoms with Gasteiger partial charge in [0, 0.05) is 0 Å². The first-order chi connectivity index (χ1) is 5.99. The van der Waals surface area contributed by atoms with Gasteiger partial charge in [-0.25, -0.2) is 0 Å². The lowest BCUT2D eigenvalue weighted by Crippen LogP contribution is -2.34. The predicted molar refractivity (Wildman–Crippen MR) is 51.4 cm³/mol. The second kappa shape index (κ2) is 4.09. The van der Waals surface area contributed by atoms with Crippen molar-refractivity contribution < 1.29 is 9.53 Å². The molecule has 3 heteroatoms. The van der Waals surface area contributed by atoms with Crippen LogP contribution in [-0.2, 0) is 9.53 Å². The lowest BCUT2D eigenvalue weighted by atomic mass is 9.99. The van der Waals surface area contributed by atoms with Crippen LogP contribution in [0.2, 0.25) is 0 Å². The van der Waals surface area contributed by atoms with E-state index in [1.165, 1.54) is 0 Å². The minimum Gasteiger partial charge on any atom is -0.464 e. The molecule has 0 spiro atoms.